The van der Waals surface area contributed by atoms with Crippen LogP contribution in [0.2, 0.25) is 0 Å². The lowest BCUT2D eigenvalue weighted by Gasteiger charge is -2.31. The number of rotatable bonds is 3. The summed E-state index contributed by atoms with van der Waals surface area (Å²) < 4.78 is 1.43. The fourth-order valence-electron chi connectivity index (χ4n) is 3.34. The molecule has 0 atom stereocenters. The van der Waals surface area contributed by atoms with Crippen LogP contribution in [0.3, 0.4) is 0 Å². The zero-order chi connectivity index (χ0) is 16.7. The van der Waals surface area contributed by atoms with E-state index >= 15 is 0 Å². The molecule has 0 bridgehead atoms. The molecule has 1 nitrogen and oxygen atoms in total. The first-order valence-electron chi connectivity index (χ1n) is 8.47. The molecule has 0 amide bonds. The van der Waals surface area contributed by atoms with Gasteiger partial charge in [0.25, 0.3) is 0 Å². The molecule has 122 valence electrons. The monoisotopic (exact) mass is 351 g/mol. The van der Waals surface area contributed by atoms with Crippen molar-refractivity contribution >= 4 is 34.5 Å². The van der Waals surface area contributed by atoms with E-state index in [2.05, 4.69) is 80.3 Å². The van der Waals surface area contributed by atoms with E-state index in [0.717, 1.165) is 6.54 Å². The highest BCUT2D eigenvalue weighted by molar-refractivity contribution is 8.01. The molecule has 4 rings (SSSR count). The van der Waals surface area contributed by atoms with Crippen molar-refractivity contribution < 1.29 is 0 Å². The number of hydrogen-bond donors (Lipinski definition) is 0. The fourth-order valence-corrected chi connectivity index (χ4v) is 6.04. The van der Waals surface area contributed by atoms with Crippen molar-refractivity contribution in [3.05, 3.63) is 59.5 Å². The zero-order valence-electron chi connectivity index (χ0n) is 14.2. The number of nitrogens with zero attached hydrogens (tertiary/aromatic N) is 1. The van der Waals surface area contributed by atoms with Gasteiger partial charge in [-0.2, -0.15) is 0 Å². The van der Waals surface area contributed by atoms with Gasteiger partial charge in [-0.25, -0.2) is 0 Å². The molecule has 3 aromatic rings. The summed E-state index contributed by atoms with van der Waals surface area (Å²) in [6.45, 7) is 7.84. The maximum absolute atomic E-state index is 2.49. The minimum absolute atomic E-state index is 0.526. The second-order valence-corrected chi connectivity index (χ2v) is 8.67. The number of para-hydroxylation sites is 1. The molecule has 3 heteroatoms. The predicted octanol–water partition coefficient (Wildman–Crippen LogP) is 7.16. The number of thiophene rings is 1. The van der Waals surface area contributed by atoms with E-state index in [9.17, 15) is 0 Å². The quantitative estimate of drug-likeness (QED) is 0.492. The Kier molecular flexibility index (Phi) is 4.15. The Bertz CT molecular complexity index is 865. The summed E-state index contributed by atoms with van der Waals surface area (Å²) >= 11 is 3.89. The van der Waals surface area contributed by atoms with E-state index in [1.165, 1.54) is 36.5 Å². The van der Waals surface area contributed by atoms with Crippen LogP contribution in [0.1, 0.15) is 31.6 Å². The minimum Gasteiger partial charge on any atom is -0.339 e. The average molecular weight is 352 g/mol. The van der Waals surface area contributed by atoms with Crippen molar-refractivity contribution in [1.82, 2.24) is 0 Å². The lowest BCUT2D eigenvalue weighted by atomic mass is 9.99. The molecule has 0 N–H and O–H groups in total. The number of hydrogen-bond acceptors (Lipinski definition) is 3. The number of anilines is 2. The van der Waals surface area contributed by atoms with Gasteiger partial charge in [0, 0.05) is 21.9 Å². The Morgan fingerprint density at radius 2 is 1.67 bits per heavy atom. The summed E-state index contributed by atoms with van der Waals surface area (Å²) in [5, 5.41) is 0. The van der Waals surface area contributed by atoms with Gasteiger partial charge in [-0.3, -0.25) is 0 Å². The van der Waals surface area contributed by atoms with Gasteiger partial charge in [-0.1, -0.05) is 68.1 Å². The Labute approximate surface area is 152 Å². The maximum Gasteiger partial charge on any atom is 0.0894 e. The van der Waals surface area contributed by atoms with Gasteiger partial charge >= 0.3 is 0 Å². The lowest BCUT2D eigenvalue weighted by Crippen LogP contribution is -2.19. The molecule has 0 saturated carbocycles. The van der Waals surface area contributed by atoms with E-state index in [4.69, 9.17) is 0 Å². The maximum atomic E-state index is 2.49. The third-order valence-electron chi connectivity index (χ3n) is 4.41. The Hall–Kier alpha value is -1.71. The molecule has 24 heavy (non-hydrogen) atoms. The van der Waals surface area contributed by atoms with Crippen LogP contribution in [0.15, 0.2) is 63.7 Å². The van der Waals surface area contributed by atoms with Gasteiger partial charge in [-0.15, -0.1) is 11.3 Å². The van der Waals surface area contributed by atoms with Crippen molar-refractivity contribution in [1.29, 1.82) is 0 Å². The van der Waals surface area contributed by atoms with Crippen molar-refractivity contribution in [2.75, 3.05) is 11.4 Å². The standard InChI is InChI=1S/C21H21NS2/c1-4-22-16-12-8-9-13-17(16)23-21-19(22)18(20(24-21)14(2)3)15-10-6-5-7-11-15/h5-14H,4H2,1-3H3. The van der Waals surface area contributed by atoms with E-state index in [1.54, 1.807) is 0 Å². The molecule has 1 aliphatic heterocycles. The Morgan fingerprint density at radius 3 is 2.38 bits per heavy atom. The second kappa shape index (κ2) is 6.30. The van der Waals surface area contributed by atoms with E-state index in [1.807, 2.05) is 23.1 Å². The summed E-state index contributed by atoms with van der Waals surface area (Å²) in [4.78, 5) is 5.35. The van der Waals surface area contributed by atoms with Crippen LogP contribution in [0.25, 0.3) is 11.1 Å². The topological polar surface area (TPSA) is 3.24 Å². The molecule has 0 unspecified atom stereocenters. The van der Waals surface area contributed by atoms with E-state index in [-0.39, 0.29) is 0 Å². The van der Waals surface area contributed by atoms with Crippen molar-refractivity contribution in [3.8, 4) is 11.1 Å². The van der Waals surface area contributed by atoms with Crippen LogP contribution >= 0.6 is 23.1 Å². The van der Waals surface area contributed by atoms with Gasteiger partial charge in [-0.05, 0) is 30.5 Å². The fraction of sp³-hybridized carbons (Fsp3) is 0.238. The van der Waals surface area contributed by atoms with Gasteiger partial charge < -0.3 is 4.90 Å². The lowest BCUT2D eigenvalue weighted by molar-refractivity contribution is 0.890. The first-order valence-corrected chi connectivity index (χ1v) is 10.1. The molecular weight excluding hydrogens is 330 g/mol. The largest absolute Gasteiger partial charge is 0.339 e. The van der Waals surface area contributed by atoms with E-state index < -0.39 is 0 Å². The smallest absolute Gasteiger partial charge is 0.0894 e. The molecule has 0 spiro atoms. The molecule has 0 saturated heterocycles. The van der Waals surface area contributed by atoms with Gasteiger partial charge in [0.15, 0.2) is 0 Å². The molecule has 2 aromatic carbocycles. The summed E-state index contributed by atoms with van der Waals surface area (Å²) in [5.74, 6) is 0.526. The zero-order valence-corrected chi connectivity index (χ0v) is 15.9. The van der Waals surface area contributed by atoms with Crippen molar-refractivity contribution in [3.63, 3.8) is 0 Å². The third kappa shape index (κ3) is 2.47. The molecule has 0 aliphatic carbocycles. The molecule has 2 heterocycles. The van der Waals surface area contributed by atoms with Crippen LogP contribution in [0.4, 0.5) is 11.4 Å². The minimum atomic E-state index is 0.526. The SMILES string of the molecule is CCN1c2ccccc2Sc2sc(C(C)C)c(-c3ccccc3)c21. The first-order chi connectivity index (χ1) is 11.7. The summed E-state index contributed by atoms with van der Waals surface area (Å²) in [7, 11) is 0. The number of fused-ring (bicyclic) bond motifs is 2. The van der Waals surface area contributed by atoms with Crippen LogP contribution in [0, 0.1) is 0 Å². The average Bonchev–Trinajstić information content (AvgIpc) is 2.99. The predicted molar refractivity (Wildman–Crippen MR) is 107 cm³/mol. The molecule has 0 radical (unpaired) electrons. The third-order valence-corrected chi connectivity index (χ3v) is 7.13. The van der Waals surface area contributed by atoms with Crippen LogP contribution in [-0.4, -0.2) is 6.54 Å². The van der Waals surface area contributed by atoms with Crippen molar-refractivity contribution in [2.24, 2.45) is 0 Å². The summed E-state index contributed by atoms with van der Waals surface area (Å²) in [5.41, 5.74) is 5.50. The second-order valence-electron chi connectivity index (χ2n) is 6.31. The normalized spacial score (nSPS) is 13.1. The van der Waals surface area contributed by atoms with Crippen LogP contribution < -0.4 is 4.90 Å². The molecule has 1 aromatic heterocycles. The van der Waals surface area contributed by atoms with Gasteiger partial charge in [0.05, 0.1) is 15.6 Å². The van der Waals surface area contributed by atoms with Crippen molar-refractivity contribution in [2.45, 2.75) is 35.8 Å². The summed E-state index contributed by atoms with van der Waals surface area (Å²) in [6, 6.07) is 19.6. The Morgan fingerprint density at radius 1 is 0.958 bits per heavy atom. The highest BCUT2D eigenvalue weighted by atomic mass is 32.2. The summed E-state index contributed by atoms with van der Waals surface area (Å²) in [6.07, 6.45) is 0. The Balaban J connectivity index is 1.98. The first kappa shape index (κ1) is 15.8. The highest BCUT2D eigenvalue weighted by Gasteiger charge is 2.30. The molecular formula is C21H21NS2. The van der Waals surface area contributed by atoms with Gasteiger partial charge in [0.1, 0.15) is 0 Å². The molecule has 1 aliphatic rings. The van der Waals surface area contributed by atoms with Crippen LogP contribution in [-0.2, 0) is 0 Å². The number of benzene rings is 2. The van der Waals surface area contributed by atoms with Crippen LogP contribution in [0.5, 0.6) is 0 Å². The van der Waals surface area contributed by atoms with Gasteiger partial charge in [0.2, 0.25) is 0 Å². The molecule has 0 fully saturated rings. The van der Waals surface area contributed by atoms with E-state index in [0.29, 0.717) is 5.92 Å². The highest BCUT2D eigenvalue weighted by Crippen LogP contribution is 2.57.